The van der Waals surface area contributed by atoms with Crippen molar-refractivity contribution in [1.82, 2.24) is 14.7 Å². The van der Waals surface area contributed by atoms with Crippen LogP contribution in [-0.2, 0) is 16.1 Å². The number of amides is 1. The number of carbonyl (C=O) groups excluding carboxylic acids is 1. The van der Waals surface area contributed by atoms with Crippen LogP contribution >= 0.6 is 0 Å². The first kappa shape index (κ1) is 20.9. The van der Waals surface area contributed by atoms with Gasteiger partial charge in [-0.2, -0.15) is 5.10 Å². The lowest BCUT2D eigenvalue weighted by molar-refractivity contribution is -0.136. The molecule has 0 atom stereocenters. The summed E-state index contributed by atoms with van der Waals surface area (Å²) in [5.74, 6) is 1.56. The SMILES string of the molecule is COCC(=O)N1CCC(Cn2nc(-c3ccc(OC)c(OC)c3)ccc2=O)CC1. The highest BCUT2D eigenvalue weighted by Crippen LogP contribution is 2.31. The number of likely N-dealkylation sites (tertiary alicyclic amines) is 1. The van der Waals surface area contributed by atoms with Gasteiger partial charge in [-0.15, -0.1) is 0 Å². The minimum atomic E-state index is -0.132. The van der Waals surface area contributed by atoms with Gasteiger partial charge < -0.3 is 19.1 Å². The van der Waals surface area contributed by atoms with Crippen molar-refractivity contribution in [3.05, 3.63) is 40.7 Å². The Balaban J connectivity index is 1.72. The highest BCUT2D eigenvalue weighted by Gasteiger charge is 2.23. The maximum Gasteiger partial charge on any atom is 0.266 e. The van der Waals surface area contributed by atoms with E-state index in [1.807, 2.05) is 23.1 Å². The van der Waals surface area contributed by atoms with Crippen LogP contribution in [0.15, 0.2) is 35.1 Å². The molecule has 1 fully saturated rings. The van der Waals surface area contributed by atoms with Crippen LogP contribution in [0.4, 0.5) is 0 Å². The summed E-state index contributed by atoms with van der Waals surface area (Å²) in [6.07, 6.45) is 1.67. The molecule has 1 aliphatic rings. The second-order valence-corrected chi connectivity index (χ2v) is 7.07. The fourth-order valence-electron chi connectivity index (χ4n) is 3.55. The Morgan fingerprint density at radius 3 is 2.45 bits per heavy atom. The van der Waals surface area contributed by atoms with Crippen molar-refractivity contribution in [3.8, 4) is 22.8 Å². The number of methoxy groups -OCH3 is 3. The first-order valence-electron chi connectivity index (χ1n) is 9.63. The maximum absolute atomic E-state index is 12.3. The molecule has 1 aromatic carbocycles. The van der Waals surface area contributed by atoms with Gasteiger partial charge in [0.25, 0.3) is 5.56 Å². The lowest BCUT2D eigenvalue weighted by Crippen LogP contribution is -2.41. The average molecular weight is 401 g/mol. The number of aromatic nitrogens is 2. The van der Waals surface area contributed by atoms with Crippen LogP contribution in [0.1, 0.15) is 12.8 Å². The molecule has 0 spiro atoms. The standard InChI is InChI=1S/C21H27N3O5/c1-27-14-21(26)23-10-8-15(9-11-23)13-24-20(25)7-5-17(22-24)16-4-6-18(28-2)19(12-16)29-3/h4-7,12,15H,8-11,13-14H2,1-3H3. The number of rotatable bonds is 7. The summed E-state index contributed by atoms with van der Waals surface area (Å²) in [7, 11) is 4.69. The van der Waals surface area contributed by atoms with E-state index in [-0.39, 0.29) is 18.1 Å². The van der Waals surface area contributed by atoms with Crippen molar-refractivity contribution in [2.45, 2.75) is 19.4 Å². The molecule has 0 saturated carbocycles. The minimum absolute atomic E-state index is 0.0108. The van der Waals surface area contributed by atoms with Crippen molar-refractivity contribution in [3.63, 3.8) is 0 Å². The monoisotopic (exact) mass is 401 g/mol. The maximum atomic E-state index is 12.3. The molecule has 156 valence electrons. The molecule has 8 heteroatoms. The zero-order valence-corrected chi connectivity index (χ0v) is 17.1. The number of hydrogen-bond acceptors (Lipinski definition) is 6. The second-order valence-electron chi connectivity index (χ2n) is 7.07. The zero-order chi connectivity index (χ0) is 20.8. The largest absolute Gasteiger partial charge is 0.493 e. The molecule has 1 aliphatic heterocycles. The van der Waals surface area contributed by atoms with Gasteiger partial charge in [-0.25, -0.2) is 4.68 Å². The summed E-state index contributed by atoms with van der Waals surface area (Å²) < 4.78 is 17.1. The number of ether oxygens (including phenoxy) is 3. The Hall–Kier alpha value is -2.87. The third-order valence-corrected chi connectivity index (χ3v) is 5.21. The van der Waals surface area contributed by atoms with E-state index in [2.05, 4.69) is 5.10 Å². The summed E-state index contributed by atoms with van der Waals surface area (Å²) in [5.41, 5.74) is 1.40. The van der Waals surface area contributed by atoms with Crippen molar-refractivity contribution in [2.24, 2.45) is 5.92 Å². The van der Waals surface area contributed by atoms with E-state index in [1.54, 1.807) is 20.3 Å². The fraction of sp³-hybridized carbons (Fsp3) is 0.476. The van der Waals surface area contributed by atoms with Crippen LogP contribution < -0.4 is 15.0 Å². The molecule has 2 aromatic rings. The van der Waals surface area contributed by atoms with E-state index < -0.39 is 0 Å². The lowest BCUT2D eigenvalue weighted by atomic mass is 9.97. The smallest absolute Gasteiger partial charge is 0.266 e. The second kappa shape index (κ2) is 9.56. The van der Waals surface area contributed by atoms with Gasteiger partial charge in [0.2, 0.25) is 5.91 Å². The first-order valence-corrected chi connectivity index (χ1v) is 9.63. The minimum Gasteiger partial charge on any atom is -0.493 e. The van der Waals surface area contributed by atoms with Gasteiger partial charge in [-0.05, 0) is 43.0 Å². The van der Waals surface area contributed by atoms with Crippen LogP contribution in [0.3, 0.4) is 0 Å². The van der Waals surface area contributed by atoms with Gasteiger partial charge in [0, 0.05) is 38.4 Å². The van der Waals surface area contributed by atoms with Crippen molar-refractivity contribution >= 4 is 5.91 Å². The van der Waals surface area contributed by atoms with Crippen LogP contribution in [0, 0.1) is 5.92 Å². The predicted octanol–water partition coefficient (Wildman–Crippen LogP) is 1.81. The van der Waals surface area contributed by atoms with Gasteiger partial charge in [0.1, 0.15) is 6.61 Å². The number of carbonyl (C=O) groups is 1. The molecule has 1 aromatic heterocycles. The molecule has 2 heterocycles. The van der Waals surface area contributed by atoms with Crippen LogP contribution in [-0.4, -0.2) is 61.6 Å². The Bertz CT molecular complexity index is 903. The van der Waals surface area contributed by atoms with E-state index in [9.17, 15) is 9.59 Å². The molecule has 0 radical (unpaired) electrons. The Morgan fingerprint density at radius 1 is 1.07 bits per heavy atom. The normalized spacial score (nSPS) is 14.7. The number of benzene rings is 1. The van der Waals surface area contributed by atoms with Crippen LogP contribution in [0.2, 0.25) is 0 Å². The first-order chi connectivity index (χ1) is 14.0. The Morgan fingerprint density at radius 2 is 1.79 bits per heavy atom. The summed E-state index contributed by atoms with van der Waals surface area (Å²) in [4.78, 5) is 26.1. The van der Waals surface area contributed by atoms with Crippen molar-refractivity contribution in [1.29, 1.82) is 0 Å². The molecule has 0 N–H and O–H groups in total. The van der Waals surface area contributed by atoms with E-state index in [4.69, 9.17) is 14.2 Å². The summed E-state index contributed by atoms with van der Waals surface area (Å²) >= 11 is 0. The van der Waals surface area contributed by atoms with Gasteiger partial charge in [0.15, 0.2) is 11.5 Å². The van der Waals surface area contributed by atoms with E-state index >= 15 is 0 Å². The molecule has 29 heavy (non-hydrogen) atoms. The van der Waals surface area contributed by atoms with Gasteiger partial charge >= 0.3 is 0 Å². The van der Waals surface area contributed by atoms with Gasteiger partial charge in [0.05, 0.1) is 19.9 Å². The molecular formula is C21H27N3O5. The predicted molar refractivity (Wildman–Crippen MR) is 108 cm³/mol. The number of nitrogens with zero attached hydrogens (tertiary/aromatic N) is 3. The van der Waals surface area contributed by atoms with E-state index in [1.165, 1.54) is 17.9 Å². The molecule has 8 nitrogen and oxygen atoms in total. The summed E-state index contributed by atoms with van der Waals surface area (Å²) in [5, 5.41) is 4.56. The quantitative estimate of drug-likeness (QED) is 0.704. The molecule has 0 bridgehead atoms. The molecular weight excluding hydrogens is 374 g/mol. The van der Waals surface area contributed by atoms with Gasteiger partial charge in [-0.1, -0.05) is 0 Å². The zero-order valence-electron chi connectivity index (χ0n) is 17.1. The lowest BCUT2D eigenvalue weighted by Gasteiger charge is -2.31. The summed E-state index contributed by atoms with van der Waals surface area (Å²) in [6.45, 7) is 2.00. The van der Waals surface area contributed by atoms with Crippen LogP contribution in [0.25, 0.3) is 11.3 Å². The van der Waals surface area contributed by atoms with Crippen LogP contribution in [0.5, 0.6) is 11.5 Å². The fourth-order valence-corrected chi connectivity index (χ4v) is 3.55. The highest BCUT2D eigenvalue weighted by molar-refractivity contribution is 5.77. The number of hydrogen-bond donors (Lipinski definition) is 0. The average Bonchev–Trinajstić information content (AvgIpc) is 2.75. The third kappa shape index (κ3) is 4.95. The molecule has 1 saturated heterocycles. The van der Waals surface area contributed by atoms with E-state index in [0.717, 1.165) is 18.4 Å². The topological polar surface area (TPSA) is 82.9 Å². The molecule has 1 amide bonds. The number of piperidine rings is 1. The van der Waals surface area contributed by atoms with Gasteiger partial charge in [-0.3, -0.25) is 9.59 Å². The third-order valence-electron chi connectivity index (χ3n) is 5.21. The highest BCUT2D eigenvalue weighted by atomic mass is 16.5. The molecule has 0 aliphatic carbocycles. The summed E-state index contributed by atoms with van der Waals surface area (Å²) in [6, 6.07) is 8.80. The van der Waals surface area contributed by atoms with Crippen molar-refractivity contribution in [2.75, 3.05) is 41.0 Å². The molecule has 3 rings (SSSR count). The molecule has 0 unspecified atom stereocenters. The van der Waals surface area contributed by atoms with Crippen molar-refractivity contribution < 1.29 is 19.0 Å². The Labute approximate surface area is 170 Å². The Kier molecular flexibility index (Phi) is 6.87. The van der Waals surface area contributed by atoms with E-state index in [0.29, 0.717) is 42.7 Å².